The Bertz CT molecular complexity index is 1500. The average molecular weight is 476 g/mol. The Kier molecular flexibility index (Phi) is 5.37. The molecule has 2 aliphatic rings. The number of H-pyrrole nitrogens is 2. The lowest BCUT2D eigenvalue weighted by Gasteiger charge is -2.07. The van der Waals surface area contributed by atoms with Crippen molar-refractivity contribution in [1.82, 2.24) is 35.6 Å². The summed E-state index contributed by atoms with van der Waals surface area (Å²) >= 11 is 0. The van der Waals surface area contributed by atoms with E-state index in [0.717, 1.165) is 76.6 Å². The van der Waals surface area contributed by atoms with Crippen LogP contribution in [0.4, 0.5) is 0 Å². The van der Waals surface area contributed by atoms with Crippen molar-refractivity contribution in [3.05, 3.63) is 78.8 Å². The highest BCUT2D eigenvalue weighted by Gasteiger charge is 2.20. The third-order valence-electron chi connectivity index (χ3n) is 7.50. The summed E-state index contributed by atoms with van der Waals surface area (Å²) in [5.74, 6) is 2.05. The second-order valence-corrected chi connectivity index (χ2v) is 9.87. The topological polar surface area (TPSA) is 94.3 Å². The monoisotopic (exact) mass is 475 g/mol. The van der Waals surface area contributed by atoms with Crippen LogP contribution in [-0.2, 0) is 0 Å². The van der Waals surface area contributed by atoms with Gasteiger partial charge in [0.25, 0.3) is 0 Å². The zero-order valence-corrected chi connectivity index (χ0v) is 20.1. The molecule has 7 heteroatoms. The molecule has 5 aromatic rings. The van der Waals surface area contributed by atoms with Crippen LogP contribution in [0.2, 0.25) is 0 Å². The number of rotatable bonds is 5. The first-order valence-corrected chi connectivity index (χ1v) is 12.9. The molecule has 3 aromatic heterocycles. The van der Waals surface area contributed by atoms with Gasteiger partial charge in [0.2, 0.25) is 0 Å². The third-order valence-corrected chi connectivity index (χ3v) is 7.50. The molecule has 36 heavy (non-hydrogen) atoms. The van der Waals surface area contributed by atoms with E-state index in [2.05, 4.69) is 79.1 Å². The number of benzene rings is 2. The first-order valence-electron chi connectivity index (χ1n) is 12.9. The molecule has 7 rings (SSSR count). The predicted octanol–water partition coefficient (Wildman–Crippen LogP) is 5.53. The number of fused-ring (bicyclic) bond motifs is 1. The number of pyridine rings is 1. The van der Waals surface area contributed by atoms with Crippen LogP contribution in [0.3, 0.4) is 0 Å². The van der Waals surface area contributed by atoms with Crippen LogP contribution in [-0.4, -0.2) is 38.0 Å². The van der Waals surface area contributed by atoms with Gasteiger partial charge in [-0.25, -0.2) is 9.97 Å². The fourth-order valence-electron chi connectivity index (χ4n) is 5.45. The van der Waals surface area contributed by atoms with Crippen molar-refractivity contribution in [2.75, 3.05) is 13.1 Å². The Hall–Kier alpha value is -3.81. The Balaban J connectivity index is 1.11. The summed E-state index contributed by atoms with van der Waals surface area (Å²) < 4.78 is 0. The molecule has 0 saturated carbocycles. The highest BCUT2D eigenvalue weighted by molar-refractivity contribution is 5.87. The van der Waals surface area contributed by atoms with Gasteiger partial charge in [0, 0.05) is 17.1 Å². The lowest BCUT2D eigenvalue weighted by Crippen LogP contribution is -2.14. The summed E-state index contributed by atoms with van der Waals surface area (Å²) in [5, 5.41) is 8.12. The molecule has 2 aromatic carbocycles. The third kappa shape index (κ3) is 4.00. The molecule has 2 atom stereocenters. The van der Waals surface area contributed by atoms with Gasteiger partial charge in [0.05, 0.1) is 41.4 Å². The molecule has 5 heterocycles. The second-order valence-electron chi connectivity index (χ2n) is 9.87. The summed E-state index contributed by atoms with van der Waals surface area (Å²) in [6.45, 7) is 2.13. The number of nitrogens with one attached hydrogen (secondary N) is 4. The van der Waals surface area contributed by atoms with Gasteiger partial charge in [-0.15, -0.1) is 0 Å². The van der Waals surface area contributed by atoms with Crippen LogP contribution in [0.1, 0.15) is 49.4 Å². The van der Waals surface area contributed by atoms with E-state index in [0.29, 0.717) is 12.1 Å². The minimum atomic E-state index is 0.334. The van der Waals surface area contributed by atoms with Crippen LogP contribution >= 0.6 is 0 Å². The Morgan fingerprint density at radius 3 is 1.83 bits per heavy atom. The van der Waals surface area contributed by atoms with Gasteiger partial charge >= 0.3 is 0 Å². The maximum absolute atomic E-state index is 4.77. The summed E-state index contributed by atoms with van der Waals surface area (Å²) in [7, 11) is 0. The normalized spacial score (nSPS) is 19.9. The molecular weight excluding hydrogens is 446 g/mol. The van der Waals surface area contributed by atoms with E-state index in [1.807, 2.05) is 18.6 Å². The lowest BCUT2D eigenvalue weighted by molar-refractivity contribution is 0.613. The van der Waals surface area contributed by atoms with Crippen molar-refractivity contribution >= 4 is 10.9 Å². The highest BCUT2D eigenvalue weighted by Crippen LogP contribution is 2.30. The Morgan fingerprint density at radius 1 is 0.583 bits per heavy atom. The first-order chi connectivity index (χ1) is 17.8. The van der Waals surface area contributed by atoms with E-state index >= 15 is 0 Å². The van der Waals surface area contributed by atoms with Crippen molar-refractivity contribution in [3.8, 4) is 33.6 Å². The van der Waals surface area contributed by atoms with E-state index in [1.165, 1.54) is 18.4 Å². The molecule has 0 radical (unpaired) electrons. The van der Waals surface area contributed by atoms with Crippen molar-refractivity contribution in [1.29, 1.82) is 0 Å². The molecule has 2 saturated heterocycles. The second kappa shape index (κ2) is 9.00. The van der Waals surface area contributed by atoms with Crippen LogP contribution in [0, 0.1) is 0 Å². The van der Waals surface area contributed by atoms with Gasteiger partial charge in [0.15, 0.2) is 0 Å². The van der Waals surface area contributed by atoms with Crippen LogP contribution in [0.5, 0.6) is 0 Å². The smallest absolute Gasteiger partial charge is 0.123 e. The number of hydrogen-bond acceptors (Lipinski definition) is 5. The van der Waals surface area contributed by atoms with Gasteiger partial charge in [-0.2, -0.15) is 0 Å². The molecule has 2 aliphatic heterocycles. The number of aromatic nitrogens is 5. The van der Waals surface area contributed by atoms with Gasteiger partial charge < -0.3 is 20.6 Å². The maximum atomic E-state index is 4.77. The Morgan fingerprint density at radius 2 is 1.19 bits per heavy atom. The van der Waals surface area contributed by atoms with Crippen molar-refractivity contribution < 1.29 is 0 Å². The zero-order valence-electron chi connectivity index (χ0n) is 20.1. The molecule has 7 nitrogen and oxygen atoms in total. The van der Waals surface area contributed by atoms with Gasteiger partial charge in [-0.05, 0) is 67.6 Å². The van der Waals surface area contributed by atoms with Crippen LogP contribution < -0.4 is 10.6 Å². The number of nitrogens with zero attached hydrogens (tertiary/aromatic N) is 3. The summed E-state index contributed by atoms with van der Waals surface area (Å²) in [5.41, 5.74) is 7.59. The van der Waals surface area contributed by atoms with E-state index < -0.39 is 0 Å². The SMILES string of the molecule is c1cc(-c2cnc(C3CCCN3)[nH]2)ccc1-c1ccc2cc(-c3cnc(C4CCCN4)[nH]3)cnc2c1. The van der Waals surface area contributed by atoms with Crippen LogP contribution in [0.25, 0.3) is 44.5 Å². The van der Waals surface area contributed by atoms with Gasteiger partial charge in [0.1, 0.15) is 11.6 Å². The fraction of sp³-hybridized carbons (Fsp3) is 0.276. The Labute approximate surface area is 209 Å². The summed E-state index contributed by atoms with van der Waals surface area (Å²) in [4.78, 5) is 21.0. The summed E-state index contributed by atoms with van der Waals surface area (Å²) in [6, 6.07) is 18.0. The minimum absolute atomic E-state index is 0.334. The lowest BCUT2D eigenvalue weighted by atomic mass is 10.0. The molecule has 2 unspecified atom stereocenters. The largest absolute Gasteiger partial charge is 0.341 e. The average Bonchev–Trinajstić information content (AvgIpc) is 3.75. The highest BCUT2D eigenvalue weighted by atomic mass is 15.0. The molecule has 4 N–H and O–H groups in total. The van der Waals surface area contributed by atoms with Crippen molar-refractivity contribution in [3.63, 3.8) is 0 Å². The number of imidazole rings is 2. The molecular formula is C29H29N7. The van der Waals surface area contributed by atoms with E-state index in [-0.39, 0.29) is 0 Å². The molecule has 2 fully saturated rings. The van der Waals surface area contributed by atoms with E-state index in [4.69, 9.17) is 4.98 Å². The molecule has 0 amide bonds. The number of aromatic amines is 2. The molecule has 0 bridgehead atoms. The predicted molar refractivity (Wildman–Crippen MR) is 142 cm³/mol. The van der Waals surface area contributed by atoms with Gasteiger partial charge in [-0.1, -0.05) is 36.4 Å². The standard InChI is InChI=1S/C29H29N7/c1-3-23(30-11-1)28-33-16-26(35-28)19-7-5-18(6-8-19)20-9-10-21-13-22(15-32-25(21)14-20)27-17-34-29(36-27)24-4-2-12-31-24/h5-10,13-17,23-24,30-31H,1-4,11-12H2,(H,33,35)(H,34,36). The fourth-order valence-corrected chi connectivity index (χ4v) is 5.45. The van der Waals surface area contributed by atoms with Crippen molar-refractivity contribution in [2.24, 2.45) is 0 Å². The zero-order chi connectivity index (χ0) is 23.9. The van der Waals surface area contributed by atoms with Gasteiger partial charge in [-0.3, -0.25) is 4.98 Å². The minimum Gasteiger partial charge on any atom is -0.341 e. The quantitative estimate of drug-likeness (QED) is 0.268. The van der Waals surface area contributed by atoms with Crippen LogP contribution in [0.15, 0.2) is 67.1 Å². The molecule has 180 valence electrons. The first kappa shape index (κ1) is 21.5. The van der Waals surface area contributed by atoms with E-state index in [9.17, 15) is 0 Å². The molecule has 0 aliphatic carbocycles. The molecule has 0 spiro atoms. The number of hydrogen-bond donors (Lipinski definition) is 4. The summed E-state index contributed by atoms with van der Waals surface area (Å²) in [6.07, 6.45) is 10.5. The van der Waals surface area contributed by atoms with E-state index in [1.54, 1.807) is 0 Å². The van der Waals surface area contributed by atoms with Crippen molar-refractivity contribution in [2.45, 2.75) is 37.8 Å². The maximum Gasteiger partial charge on any atom is 0.123 e.